The van der Waals surface area contributed by atoms with Gasteiger partial charge in [-0.05, 0) is 50.0 Å². The van der Waals surface area contributed by atoms with Gasteiger partial charge >= 0.3 is 0 Å². The van der Waals surface area contributed by atoms with E-state index in [2.05, 4.69) is 44.7 Å². The van der Waals surface area contributed by atoms with Crippen LogP contribution in [0.1, 0.15) is 61.3 Å². The zero-order valence-corrected chi connectivity index (χ0v) is 19.9. The van der Waals surface area contributed by atoms with Crippen LogP contribution in [-0.2, 0) is 14.0 Å². The molecule has 1 aliphatic carbocycles. The first-order valence-corrected chi connectivity index (χ1v) is 13.5. The highest BCUT2D eigenvalue weighted by molar-refractivity contribution is 6.74. The van der Waals surface area contributed by atoms with Crippen molar-refractivity contribution in [2.75, 3.05) is 0 Å². The number of hydrogen-bond acceptors (Lipinski definition) is 5. The quantitative estimate of drug-likeness (QED) is 0.412. The lowest BCUT2D eigenvalue weighted by molar-refractivity contribution is -0.136. The van der Waals surface area contributed by atoms with Crippen molar-refractivity contribution < 1.29 is 23.6 Å². The average Bonchev–Trinajstić information content (AvgIpc) is 2.89. The van der Waals surface area contributed by atoms with Crippen LogP contribution in [0.15, 0.2) is 24.3 Å². The fourth-order valence-electron chi connectivity index (χ4n) is 3.55. The van der Waals surface area contributed by atoms with Crippen LogP contribution in [0.25, 0.3) is 0 Å². The van der Waals surface area contributed by atoms with Gasteiger partial charge in [0, 0.05) is 12.0 Å². The Hall–Kier alpha value is -2.52. The second-order valence-corrected chi connectivity index (χ2v) is 14.6. The Bertz CT molecular complexity index is 883. The number of imide groups is 1. The maximum absolute atomic E-state index is 12.5. The molecular formula is C22H31N3O5Si. The molecule has 3 rings (SSSR count). The third kappa shape index (κ3) is 4.43. The maximum atomic E-state index is 12.5. The molecule has 9 heteroatoms. The summed E-state index contributed by atoms with van der Waals surface area (Å²) in [5.41, 5.74) is 5.69. The van der Waals surface area contributed by atoms with Crippen LogP contribution in [0.4, 0.5) is 0 Å². The van der Waals surface area contributed by atoms with Crippen molar-refractivity contribution in [3.63, 3.8) is 0 Å². The van der Waals surface area contributed by atoms with Crippen LogP contribution in [0.2, 0.25) is 18.1 Å². The van der Waals surface area contributed by atoms with Crippen LogP contribution in [-0.4, -0.2) is 49.0 Å². The van der Waals surface area contributed by atoms with Crippen molar-refractivity contribution in [2.45, 2.75) is 70.8 Å². The zero-order chi connectivity index (χ0) is 23.1. The first-order chi connectivity index (χ1) is 14.3. The van der Waals surface area contributed by atoms with Crippen molar-refractivity contribution in [2.24, 2.45) is 5.92 Å². The average molecular weight is 446 g/mol. The molecule has 8 nitrogen and oxygen atoms in total. The molecule has 0 bridgehead atoms. The summed E-state index contributed by atoms with van der Waals surface area (Å²) < 4.78 is 6.03. The van der Waals surface area contributed by atoms with Gasteiger partial charge in [0.05, 0.1) is 11.1 Å². The van der Waals surface area contributed by atoms with E-state index in [4.69, 9.17) is 4.43 Å². The number of nitrogens with zero attached hydrogens (tertiary/aromatic N) is 1. The highest BCUT2D eigenvalue weighted by atomic mass is 28.4. The highest BCUT2D eigenvalue weighted by Crippen LogP contribution is 2.38. The van der Waals surface area contributed by atoms with Gasteiger partial charge in [-0.1, -0.05) is 32.9 Å². The van der Waals surface area contributed by atoms with E-state index in [0.717, 1.165) is 0 Å². The topological polar surface area (TPSA) is 105 Å². The Morgan fingerprint density at radius 2 is 1.58 bits per heavy atom. The molecule has 1 saturated carbocycles. The van der Waals surface area contributed by atoms with Crippen molar-refractivity contribution in [1.82, 2.24) is 15.8 Å². The Morgan fingerprint density at radius 1 is 1.06 bits per heavy atom. The number of carbonyl (C=O) groups excluding carboxylic acids is 4. The lowest BCUT2D eigenvalue weighted by Crippen LogP contribution is -2.56. The van der Waals surface area contributed by atoms with Crippen molar-refractivity contribution in [3.05, 3.63) is 35.4 Å². The molecule has 2 N–H and O–H groups in total. The summed E-state index contributed by atoms with van der Waals surface area (Å²) in [6.07, 6.45) is 0.0699. The fourth-order valence-corrected chi connectivity index (χ4v) is 4.90. The molecule has 2 aliphatic rings. The largest absolute Gasteiger partial charge is 0.405 e. The Balaban J connectivity index is 1.47. The summed E-state index contributed by atoms with van der Waals surface area (Å²) in [6.45, 7) is 12.1. The summed E-state index contributed by atoms with van der Waals surface area (Å²) in [6, 6.07) is 6.42. The molecule has 0 unspecified atom stereocenters. The first kappa shape index (κ1) is 23.1. The molecule has 168 valence electrons. The Kier molecular flexibility index (Phi) is 6.12. The number of nitrogens with one attached hydrogen (secondary N) is 2. The van der Waals surface area contributed by atoms with E-state index in [9.17, 15) is 19.2 Å². The SMILES string of the molecule is C[C@@H](O[Si](C)(C)C(C)(C)C)C(=O)NNC(=O)[C@H]1C[C@H](N2C(=O)c3ccccc3C2=O)C1. The van der Waals surface area contributed by atoms with E-state index >= 15 is 0 Å². The number of amides is 4. The molecule has 1 aromatic rings. The second kappa shape index (κ2) is 8.20. The minimum absolute atomic E-state index is 0.0319. The smallest absolute Gasteiger partial charge is 0.265 e. The number of fused-ring (bicyclic) bond motifs is 1. The van der Waals surface area contributed by atoms with E-state index in [1.165, 1.54) is 4.90 Å². The summed E-state index contributed by atoms with van der Waals surface area (Å²) in [4.78, 5) is 51.0. The Labute approximate surface area is 183 Å². The lowest BCUT2D eigenvalue weighted by Gasteiger charge is -2.39. The van der Waals surface area contributed by atoms with Gasteiger partial charge in [0.15, 0.2) is 8.32 Å². The summed E-state index contributed by atoms with van der Waals surface area (Å²) in [5.74, 6) is -1.73. The van der Waals surface area contributed by atoms with Gasteiger partial charge in [-0.3, -0.25) is 34.9 Å². The monoisotopic (exact) mass is 445 g/mol. The van der Waals surface area contributed by atoms with Gasteiger partial charge in [-0.2, -0.15) is 0 Å². The minimum atomic E-state index is -2.11. The Morgan fingerprint density at radius 3 is 2.06 bits per heavy atom. The van der Waals surface area contributed by atoms with Gasteiger partial charge in [0.2, 0.25) is 5.91 Å². The number of carbonyl (C=O) groups is 4. The normalized spacial score (nSPS) is 21.9. The molecule has 1 aliphatic heterocycles. The molecule has 0 spiro atoms. The van der Waals surface area contributed by atoms with Crippen LogP contribution in [0, 0.1) is 5.92 Å². The molecule has 1 fully saturated rings. The van der Waals surface area contributed by atoms with Gasteiger partial charge in [-0.25, -0.2) is 0 Å². The first-order valence-electron chi connectivity index (χ1n) is 10.6. The van der Waals surface area contributed by atoms with Gasteiger partial charge in [-0.15, -0.1) is 0 Å². The van der Waals surface area contributed by atoms with Gasteiger partial charge < -0.3 is 4.43 Å². The van der Waals surface area contributed by atoms with Crippen molar-refractivity contribution in [3.8, 4) is 0 Å². The summed E-state index contributed by atoms with van der Waals surface area (Å²) in [7, 11) is -2.11. The van der Waals surface area contributed by atoms with Crippen LogP contribution >= 0.6 is 0 Å². The number of hydrazine groups is 1. The lowest BCUT2D eigenvalue weighted by atomic mass is 9.79. The molecule has 1 heterocycles. The molecule has 1 aromatic carbocycles. The van der Waals surface area contributed by atoms with E-state index in [1.54, 1.807) is 31.2 Å². The molecule has 0 aromatic heterocycles. The standard InChI is InChI=1S/C22H31N3O5Si/c1-13(30-31(5,6)22(2,3)4)18(26)23-24-19(27)14-11-15(12-14)25-20(28)16-9-7-8-10-17(16)21(25)29/h7-10,13-15H,11-12H2,1-6H3,(H,23,26)(H,24,27)/t13-,14-,15-/m1/s1. The molecule has 31 heavy (non-hydrogen) atoms. The minimum Gasteiger partial charge on any atom is -0.405 e. The summed E-state index contributed by atoms with van der Waals surface area (Å²) >= 11 is 0. The highest BCUT2D eigenvalue weighted by Gasteiger charge is 2.47. The van der Waals surface area contributed by atoms with E-state index < -0.39 is 20.3 Å². The predicted molar refractivity (Wildman–Crippen MR) is 117 cm³/mol. The summed E-state index contributed by atoms with van der Waals surface area (Å²) in [5, 5.41) is -0.0319. The van der Waals surface area contributed by atoms with Gasteiger partial charge in [0.1, 0.15) is 6.10 Å². The van der Waals surface area contributed by atoms with E-state index in [1.807, 2.05) is 0 Å². The third-order valence-corrected chi connectivity index (χ3v) is 11.2. The van der Waals surface area contributed by atoms with Crippen molar-refractivity contribution >= 4 is 31.9 Å². The molecule has 0 saturated heterocycles. The number of rotatable bonds is 5. The van der Waals surface area contributed by atoms with Crippen LogP contribution in [0.5, 0.6) is 0 Å². The maximum Gasteiger partial charge on any atom is 0.265 e. The molecule has 1 atom stereocenters. The molecule has 4 amide bonds. The fraction of sp³-hybridized carbons (Fsp3) is 0.545. The predicted octanol–water partition coefficient (Wildman–Crippen LogP) is 2.62. The molecular weight excluding hydrogens is 414 g/mol. The van der Waals surface area contributed by atoms with Crippen LogP contribution in [0.3, 0.4) is 0 Å². The van der Waals surface area contributed by atoms with Crippen LogP contribution < -0.4 is 10.9 Å². The number of hydrogen-bond donors (Lipinski definition) is 2. The third-order valence-electron chi connectivity index (χ3n) is 6.63. The molecule has 0 radical (unpaired) electrons. The van der Waals surface area contributed by atoms with Crippen molar-refractivity contribution in [1.29, 1.82) is 0 Å². The second-order valence-electron chi connectivity index (χ2n) is 9.85. The zero-order valence-electron chi connectivity index (χ0n) is 18.9. The van der Waals surface area contributed by atoms with Gasteiger partial charge in [0.25, 0.3) is 17.7 Å². The van der Waals surface area contributed by atoms with E-state index in [0.29, 0.717) is 24.0 Å². The number of benzene rings is 1. The van der Waals surface area contributed by atoms with E-state index in [-0.39, 0.29) is 34.7 Å².